The standard InChI is InChI=1S/C14H19ClN4S/c1-3-18(4-2)9-10-19-13(16-17-14(19)20)11-5-7-12(15)8-6-11/h5-8H,3-4,9-10H2,1-2H3,(H,17,20). The lowest BCUT2D eigenvalue weighted by molar-refractivity contribution is 0.290. The third-order valence-corrected chi connectivity index (χ3v) is 3.96. The fourth-order valence-electron chi connectivity index (χ4n) is 2.13. The minimum Gasteiger partial charge on any atom is -0.302 e. The molecule has 0 fully saturated rings. The summed E-state index contributed by atoms with van der Waals surface area (Å²) in [5.74, 6) is 0.860. The lowest BCUT2D eigenvalue weighted by Crippen LogP contribution is -2.27. The van der Waals surface area contributed by atoms with Crippen LogP contribution < -0.4 is 0 Å². The van der Waals surface area contributed by atoms with Crippen LogP contribution in [0.15, 0.2) is 24.3 Å². The molecule has 20 heavy (non-hydrogen) atoms. The van der Waals surface area contributed by atoms with E-state index < -0.39 is 0 Å². The number of nitrogens with one attached hydrogen (secondary N) is 1. The van der Waals surface area contributed by atoms with Gasteiger partial charge in [0.25, 0.3) is 0 Å². The van der Waals surface area contributed by atoms with Crippen molar-refractivity contribution in [1.82, 2.24) is 19.7 Å². The van der Waals surface area contributed by atoms with Gasteiger partial charge in [-0.15, -0.1) is 0 Å². The molecule has 0 aliphatic rings. The van der Waals surface area contributed by atoms with Crippen molar-refractivity contribution in [3.63, 3.8) is 0 Å². The van der Waals surface area contributed by atoms with Crippen LogP contribution in [0, 0.1) is 4.77 Å². The molecule has 0 saturated heterocycles. The molecular weight excluding hydrogens is 292 g/mol. The Morgan fingerprint density at radius 3 is 2.50 bits per heavy atom. The number of aromatic nitrogens is 3. The van der Waals surface area contributed by atoms with Gasteiger partial charge in [-0.3, -0.25) is 9.67 Å². The predicted molar refractivity (Wildman–Crippen MR) is 85.6 cm³/mol. The second kappa shape index (κ2) is 7.02. The number of H-pyrrole nitrogens is 1. The molecule has 0 saturated carbocycles. The van der Waals surface area contributed by atoms with E-state index in [4.69, 9.17) is 23.8 Å². The van der Waals surface area contributed by atoms with E-state index in [1.165, 1.54) is 0 Å². The van der Waals surface area contributed by atoms with Crippen molar-refractivity contribution in [3.8, 4) is 11.4 Å². The summed E-state index contributed by atoms with van der Waals surface area (Å²) in [5.41, 5.74) is 1.02. The average Bonchev–Trinajstić information content (AvgIpc) is 2.82. The zero-order valence-electron chi connectivity index (χ0n) is 11.8. The van der Waals surface area contributed by atoms with E-state index in [0.717, 1.165) is 42.6 Å². The van der Waals surface area contributed by atoms with Crippen molar-refractivity contribution in [2.45, 2.75) is 20.4 Å². The number of hydrogen-bond acceptors (Lipinski definition) is 3. The first-order chi connectivity index (χ1) is 9.65. The number of hydrogen-bond donors (Lipinski definition) is 1. The second-order valence-electron chi connectivity index (χ2n) is 4.54. The molecule has 1 aromatic carbocycles. The molecule has 1 aromatic heterocycles. The smallest absolute Gasteiger partial charge is 0.195 e. The summed E-state index contributed by atoms with van der Waals surface area (Å²) in [7, 11) is 0. The summed E-state index contributed by atoms with van der Waals surface area (Å²) in [5, 5.41) is 7.92. The maximum absolute atomic E-state index is 5.92. The van der Waals surface area contributed by atoms with Crippen LogP contribution in [0.3, 0.4) is 0 Å². The number of benzene rings is 1. The molecule has 4 nitrogen and oxygen atoms in total. The summed E-state index contributed by atoms with van der Waals surface area (Å²) in [6.45, 7) is 8.20. The van der Waals surface area contributed by atoms with Gasteiger partial charge in [0.2, 0.25) is 0 Å². The van der Waals surface area contributed by atoms with E-state index in [1.807, 2.05) is 28.8 Å². The molecular formula is C14H19ClN4S. The van der Waals surface area contributed by atoms with Gasteiger partial charge < -0.3 is 4.90 Å². The Balaban J connectivity index is 2.23. The highest BCUT2D eigenvalue weighted by atomic mass is 35.5. The van der Waals surface area contributed by atoms with Gasteiger partial charge >= 0.3 is 0 Å². The SMILES string of the molecule is CCN(CC)CCn1c(-c2ccc(Cl)cc2)n[nH]c1=S. The molecule has 0 radical (unpaired) electrons. The van der Waals surface area contributed by atoms with Crippen LogP contribution in [0.2, 0.25) is 5.02 Å². The molecule has 1 heterocycles. The van der Waals surface area contributed by atoms with Gasteiger partial charge in [0.15, 0.2) is 10.6 Å². The van der Waals surface area contributed by atoms with E-state index in [-0.39, 0.29) is 0 Å². The summed E-state index contributed by atoms with van der Waals surface area (Å²) >= 11 is 11.2. The first-order valence-corrected chi connectivity index (χ1v) is 7.57. The van der Waals surface area contributed by atoms with Crippen molar-refractivity contribution >= 4 is 23.8 Å². The van der Waals surface area contributed by atoms with E-state index in [9.17, 15) is 0 Å². The third-order valence-electron chi connectivity index (χ3n) is 3.39. The molecule has 0 spiro atoms. The fraction of sp³-hybridized carbons (Fsp3) is 0.429. The monoisotopic (exact) mass is 310 g/mol. The summed E-state index contributed by atoms with van der Waals surface area (Å²) < 4.78 is 2.69. The summed E-state index contributed by atoms with van der Waals surface area (Å²) in [4.78, 5) is 2.36. The maximum Gasteiger partial charge on any atom is 0.195 e. The van der Waals surface area contributed by atoms with Gasteiger partial charge in [-0.1, -0.05) is 25.4 Å². The molecule has 1 N–H and O–H groups in total. The molecule has 6 heteroatoms. The quantitative estimate of drug-likeness (QED) is 0.828. The van der Waals surface area contributed by atoms with Crippen LogP contribution in [0.5, 0.6) is 0 Å². The highest BCUT2D eigenvalue weighted by Gasteiger charge is 2.09. The van der Waals surface area contributed by atoms with Gasteiger partial charge in [-0.05, 0) is 49.6 Å². The van der Waals surface area contributed by atoms with Crippen molar-refractivity contribution < 1.29 is 0 Å². The number of halogens is 1. The zero-order chi connectivity index (χ0) is 14.5. The molecule has 2 rings (SSSR count). The third kappa shape index (κ3) is 3.48. The maximum atomic E-state index is 5.92. The Hall–Kier alpha value is -1.17. The number of nitrogens with zero attached hydrogens (tertiary/aromatic N) is 3. The largest absolute Gasteiger partial charge is 0.302 e. The number of rotatable bonds is 6. The van der Waals surface area contributed by atoms with Crippen molar-refractivity contribution in [2.75, 3.05) is 19.6 Å². The minimum absolute atomic E-state index is 0.655. The minimum atomic E-state index is 0.655. The zero-order valence-corrected chi connectivity index (χ0v) is 13.3. The Morgan fingerprint density at radius 2 is 1.90 bits per heavy atom. The van der Waals surface area contributed by atoms with E-state index in [1.54, 1.807) is 0 Å². The summed E-state index contributed by atoms with van der Waals surface area (Å²) in [6, 6.07) is 7.65. The Labute approximate surface area is 129 Å². The fourth-order valence-corrected chi connectivity index (χ4v) is 2.48. The van der Waals surface area contributed by atoms with Crippen LogP contribution in [0.25, 0.3) is 11.4 Å². The van der Waals surface area contributed by atoms with Crippen molar-refractivity contribution in [1.29, 1.82) is 0 Å². The van der Waals surface area contributed by atoms with Crippen LogP contribution in [0.1, 0.15) is 13.8 Å². The van der Waals surface area contributed by atoms with Gasteiger partial charge in [-0.25, -0.2) is 0 Å². The molecule has 0 bridgehead atoms. The van der Waals surface area contributed by atoms with Crippen LogP contribution in [-0.2, 0) is 6.54 Å². The van der Waals surface area contributed by atoms with E-state index in [2.05, 4.69) is 28.9 Å². The van der Waals surface area contributed by atoms with Gasteiger partial charge in [0.05, 0.1) is 0 Å². The molecule has 0 atom stereocenters. The van der Waals surface area contributed by atoms with Crippen molar-refractivity contribution in [2.24, 2.45) is 0 Å². The Bertz CT molecular complexity index is 598. The van der Waals surface area contributed by atoms with Crippen LogP contribution in [0.4, 0.5) is 0 Å². The topological polar surface area (TPSA) is 36.9 Å². The molecule has 2 aromatic rings. The number of aromatic amines is 1. The first kappa shape index (κ1) is 15.2. The second-order valence-corrected chi connectivity index (χ2v) is 5.36. The molecule has 0 aliphatic heterocycles. The predicted octanol–water partition coefficient (Wildman–Crippen LogP) is 3.60. The van der Waals surface area contributed by atoms with Crippen molar-refractivity contribution in [3.05, 3.63) is 34.1 Å². The van der Waals surface area contributed by atoms with Gasteiger partial charge in [-0.2, -0.15) is 5.10 Å². The van der Waals surface area contributed by atoms with Gasteiger partial charge in [0, 0.05) is 23.7 Å². The highest BCUT2D eigenvalue weighted by molar-refractivity contribution is 7.71. The van der Waals surface area contributed by atoms with Gasteiger partial charge in [0.1, 0.15) is 0 Å². The lowest BCUT2D eigenvalue weighted by Gasteiger charge is -2.18. The van der Waals surface area contributed by atoms with E-state index in [0.29, 0.717) is 4.77 Å². The Morgan fingerprint density at radius 1 is 1.25 bits per heavy atom. The first-order valence-electron chi connectivity index (χ1n) is 6.79. The highest BCUT2D eigenvalue weighted by Crippen LogP contribution is 2.19. The molecule has 0 unspecified atom stereocenters. The average molecular weight is 311 g/mol. The normalized spacial score (nSPS) is 11.2. The van der Waals surface area contributed by atoms with E-state index >= 15 is 0 Å². The molecule has 0 amide bonds. The molecule has 108 valence electrons. The Kier molecular flexibility index (Phi) is 5.34. The van der Waals surface area contributed by atoms with Crippen LogP contribution >= 0.6 is 23.8 Å². The molecule has 0 aliphatic carbocycles. The number of likely N-dealkylation sites (N-methyl/N-ethyl adjacent to an activating group) is 1. The lowest BCUT2D eigenvalue weighted by atomic mass is 10.2. The van der Waals surface area contributed by atoms with Crippen LogP contribution in [-0.4, -0.2) is 39.3 Å². The summed E-state index contributed by atoms with van der Waals surface area (Å²) in [6.07, 6.45) is 0.